The third-order valence-corrected chi connectivity index (χ3v) is 2.64. The van der Waals surface area contributed by atoms with Crippen molar-refractivity contribution in [1.82, 2.24) is 4.98 Å². The number of Topliss-reactive ketones (excluding diaryl/α,β-unsaturated/α-hetero) is 1. The summed E-state index contributed by atoms with van der Waals surface area (Å²) < 4.78 is 13.7. The molecular formula is C13H13FN2O. The largest absolute Gasteiger partial charge is 0.375 e. The summed E-state index contributed by atoms with van der Waals surface area (Å²) in [5.74, 6) is -0.388. The molecule has 3 nitrogen and oxygen atoms in total. The van der Waals surface area contributed by atoms with E-state index in [0.717, 1.165) is 0 Å². The number of pyridine rings is 1. The minimum Gasteiger partial charge on any atom is -0.375 e. The van der Waals surface area contributed by atoms with Crippen molar-refractivity contribution in [2.75, 3.05) is 19.0 Å². The molecule has 0 N–H and O–H groups in total. The van der Waals surface area contributed by atoms with E-state index in [9.17, 15) is 9.18 Å². The van der Waals surface area contributed by atoms with Gasteiger partial charge >= 0.3 is 0 Å². The van der Waals surface area contributed by atoms with E-state index in [4.69, 9.17) is 0 Å². The predicted molar refractivity (Wildman–Crippen MR) is 66.0 cm³/mol. The number of anilines is 1. The Balaban J connectivity index is 2.66. The molecule has 0 atom stereocenters. The second-order valence-corrected chi connectivity index (χ2v) is 4.17. The number of benzene rings is 1. The van der Waals surface area contributed by atoms with Crippen molar-refractivity contribution >= 4 is 22.4 Å². The summed E-state index contributed by atoms with van der Waals surface area (Å²) in [4.78, 5) is 17.1. The van der Waals surface area contributed by atoms with E-state index in [1.807, 2.05) is 0 Å². The zero-order chi connectivity index (χ0) is 12.6. The van der Waals surface area contributed by atoms with Gasteiger partial charge < -0.3 is 4.90 Å². The highest BCUT2D eigenvalue weighted by Crippen LogP contribution is 2.24. The second-order valence-electron chi connectivity index (χ2n) is 4.17. The number of ketones is 1. The Morgan fingerprint density at radius 3 is 2.59 bits per heavy atom. The number of hydrogen-bond donors (Lipinski definition) is 0. The lowest BCUT2D eigenvalue weighted by Gasteiger charge is -2.14. The molecule has 1 heterocycles. The maximum absolute atomic E-state index is 13.7. The first-order chi connectivity index (χ1) is 7.99. The van der Waals surface area contributed by atoms with E-state index in [2.05, 4.69) is 4.98 Å². The Kier molecular flexibility index (Phi) is 2.79. The van der Waals surface area contributed by atoms with Gasteiger partial charge in [-0.2, -0.15) is 0 Å². The second kappa shape index (κ2) is 4.13. The minimum absolute atomic E-state index is 0.0727. The first kappa shape index (κ1) is 11.5. The van der Waals surface area contributed by atoms with Crippen LogP contribution in [-0.4, -0.2) is 24.9 Å². The first-order valence-corrected chi connectivity index (χ1v) is 5.26. The molecule has 0 unspecified atom stereocenters. The predicted octanol–water partition coefficient (Wildman–Crippen LogP) is 2.64. The maximum atomic E-state index is 13.7. The fourth-order valence-electron chi connectivity index (χ4n) is 1.67. The van der Waals surface area contributed by atoms with Crippen molar-refractivity contribution in [3.63, 3.8) is 0 Å². The van der Waals surface area contributed by atoms with Crippen LogP contribution in [0.15, 0.2) is 24.4 Å². The lowest BCUT2D eigenvalue weighted by atomic mass is 10.1. The Morgan fingerprint density at radius 1 is 1.29 bits per heavy atom. The molecule has 0 spiro atoms. The molecular weight excluding hydrogens is 219 g/mol. The van der Waals surface area contributed by atoms with Gasteiger partial charge in [-0.05, 0) is 25.1 Å². The van der Waals surface area contributed by atoms with Crippen molar-refractivity contribution in [3.05, 3.63) is 35.8 Å². The van der Waals surface area contributed by atoms with Crippen molar-refractivity contribution in [3.8, 4) is 0 Å². The molecule has 0 radical (unpaired) electrons. The number of fused-ring (bicyclic) bond motifs is 1. The van der Waals surface area contributed by atoms with Crippen molar-refractivity contribution in [2.24, 2.45) is 0 Å². The van der Waals surface area contributed by atoms with Crippen molar-refractivity contribution in [2.45, 2.75) is 6.92 Å². The molecule has 2 aromatic rings. The van der Waals surface area contributed by atoms with Crippen LogP contribution < -0.4 is 4.90 Å². The average Bonchev–Trinajstić information content (AvgIpc) is 2.26. The van der Waals surface area contributed by atoms with Gasteiger partial charge in [0.05, 0.1) is 11.2 Å². The van der Waals surface area contributed by atoms with E-state index >= 15 is 0 Å². The number of halogens is 1. The normalized spacial score (nSPS) is 10.6. The number of rotatable bonds is 2. The Morgan fingerprint density at radius 2 is 2.00 bits per heavy atom. The molecule has 0 aliphatic carbocycles. The SMILES string of the molecule is CC(=O)c1cnc2cc(N(C)C)c(F)cc2c1. The molecule has 0 fully saturated rings. The fourth-order valence-corrected chi connectivity index (χ4v) is 1.67. The molecule has 17 heavy (non-hydrogen) atoms. The molecule has 0 amide bonds. The topological polar surface area (TPSA) is 33.2 Å². The van der Waals surface area contributed by atoms with E-state index in [-0.39, 0.29) is 11.6 Å². The number of carbonyl (C=O) groups excluding carboxylic acids is 1. The zero-order valence-corrected chi connectivity index (χ0v) is 9.99. The van der Waals surface area contributed by atoms with Gasteiger partial charge in [-0.25, -0.2) is 4.39 Å². The molecule has 0 saturated carbocycles. The molecule has 0 aliphatic heterocycles. The molecule has 4 heteroatoms. The maximum Gasteiger partial charge on any atom is 0.161 e. The Labute approximate surface area is 98.9 Å². The monoisotopic (exact) mass is 232 g/mol. The molecule has 0 aliphatic rings. The van der Waals surface area contributed by atoms with Gasteiger partial charge in [-0.3, -0.25) is 9.78 Å². The molecule has 88 valence electrons. The molecule has 0 saturated heterocycles. The number of hydrogen-bond acceptors (Lipinski definition) is 3. The summed E-state index contributed by atoms with van der Waals surface area (Å²) in [5, 5.41) is 0.640. The minimum atomic E-state index is -0.315. The van der Waals surface area contributed by atoms with Crippen LogP contribution >= 0.6 is 0 Å². The number of carbonyl (C=O) groups is 1. The van der Waals surface area contributed by atoms with Crippen molar-refractivity contribution in [1.29, 1.82) is 0 Å². The van der Waals surface area contributed by atoms with Gasteiger partial charge in [0.15, 0.2) is 5.78 Å². The van der Waals surface area contributed by atoms with Crippen LogP contribution in [0.1, 0.15) is 17.3 Å². The first-order valence-electron chi connectivity index (χ1n) is 5.26. The zero-order valence-electron chi connectivity index (χ0n) is 9.99. The van der Waals surface area contributed by atoms with Gasteiger partial charge in [0.25, 0.3) is 0 Å². The summed E-state index contributed by atoms with van der Waals surface area (Å²) in [6.45, 7) is 1.47. The lowest BCUT2D eigenvalue weighted by molar-refractivity contribution is 0.101. The van der Waals surface area contributed by atoms with Crippen LogP contribution in [0.2, 0.25) is 0 Å². The average molecular weight is 232 g/mol. The van der Waals surface area contributed by atoms with E-state index in [0.29, 0.717) is 22.2 Å². The number of nitrogens with zero attached hydrogens (tertiary/aromatic N) is 2. The molecule has 2 rings (SSSR count). The third-order valence-electron chi connectivity index (χ3n) is 2.64. The lowest BCUT2D eigenvalue weighted by Crippen LogP contribution is -2.10. The van der Waals surface area contributed by atoms with Gasteiger partial charge in [0.1, 0.15) is 5.82 Å². The summed E-state index contributed by atoms with van der Waals surface area (Å²) in [6.07, 6.45) is 1.52. The smallest absolute Gasteiger partial charge is 0.161 e. The standard InChI is InChI=1S/C13H13FN2O/c1-8(17)10-4-9-5-11(14)13(16(2)3)6-12(9)15-7-10/h4-7H,1-3H3. The van der Waals surface area contributed by atoms with Gasteiger partial charge in [-0.1, -0.05) is 0 Å². The highest BCUT2D eigenvalue weighted by Gasteiger charge is 2.09. The van der Waals surface area contributed by atoms with Crippen LogP contribution in [0.3, 0.4) is 0 Å². The Bertz CT molecular complexity index is 593. The van der Waals surface area contributed by atoms with Crippen LogP contribution in [-0.2, 0) is 0 Å². The van der Waals surface area contributed by atoms with Crippen LogP contribution in [0.5, 0.6) is 0 Å². The van der Waals surface area contributed by atoms with Crippen LogP contribution in [0, 0.1) is 5.82 Å². The number of aromatic nitrogens is 1. The summed E-state index contributed by atoms with van der Waals surface area (Å²) in [6, 6.07) is 4.74. The van der Waals surface area contributed by atoms with Crippen LogP contribution in [0.4, 0.5) is 10.1 Å². The van der Waals surface area contributed by atoms with Crippen LogP contribution in [0.25, 0.3) is 10.9 Å². The fraction of sp³-hybridized carbons (Fsp3) is 0.231. The summed E-state index contributed by atoms with van der Waals surface area (Å²) in [7, 11) is 3.54. The Hall–Kier alpha value is -1.97. The van der Waals surface area contributed by atoms with Gasteiger partial charge in [0.2, 0.25) is 0 Å². The summed E-state index contributed by atoms with van der Waals surface area (Å²) in [5.41, 5.74) is 1.66. The van der Waals surface area contributed by atoms with Gasteiger partial charge in [-0.15, -0.1) is 0 Å². The molecule has 1 aromatic heterocycles. The highest BCUT2D eigenvalue weighted by molar-refractivity contribution is 5.97. The van der Waals surface area contributed by atoms with Crippen molar-refractivity contribution < 1.29 is 9.18 Å². The van der Waals surface area contributed by atoms with E-state index in [1.165, 1.54) is 19.2 Å². The molecule has 0 bridgehead atoms. The highest BCUT2D eigenvalue weighted by atomic mass is 19.1. The van der Waals surface area contributed by atoms with Gasteiger partial charge in [0, 0.05) is 31.2 Å². The quantitative estimate of drug-likeness (QED) is 0.746. The molecule has 1 aromatic carbocycles. The third kappa shape index (κ3) is 2.11. The van der Waals surface area contributed by atoms with E-state index in [1.54, 1.807) is 31.1 Å². The van der Waals surface area contributed by atoms with E-state index < -0.39 is 0 Å². The summed E-state index contributed by atoms with van der Waals surface area (Å²) >= 11 is 0.